The van der Waals surface area contributed by atoms with E-state index in [4.69, 9.17) is 10.00 Å². The molecule has 0 bridgehead atoms. The van der Waals surface area contributed by atoms with Crippen LogP contribution >= 0.6 is 12.4 Å². The van der Waals surface area contributed by atoms with Gasteiger partial charge in [-0.15, -0.1) is 17.5 Å². The van der Waals surface area contributed by atoms with E-state index in [0.29, 0.717) is 11.6 Å². The molecular weight excluding hydrogens is 304 g/mol. The largest absolute Gasteiger partial charge is 0.466 e. The van der Waals surface area contributed by atoms with Gasteiger partial charge < -0.3 is 4.74 Å². The smallest absolute Gasteiger partial charge is 0.285 e. The van der Waals surface area contributed by atoms with Crippen molar-refractivity contribution in [2.24, 2.45) is 5.10 Å². The number of hydrogen-bond donors (Lipinski definition) is 0. The van der Waals surface area contributed by atoms with Crippen LogP contribution in [0.3, 0.4) is 0 Å². The van der Waals surface area contributed by atoms with Gasteiger partial charge in [0.25, 0.3) is 5.91 Å². The molecule has 1 aromatic heterocycles. The number of hydrazone groups is 1. The molecule has 1 aliphatic heterocycles. The van der Waals surface area contributed by atoms with Gasteiger partial charge in [0.2, 0.25) is 5.90 Å². The van der Waals surface area contributed by atoms with Crippen LogP contribution in [-0.2, 0) is 9.53 Å². The summed E-state index contributed by atoms with van der Waals surface area (Å²) < 4.78 is 5.36. The van der Waals surface area contributed by atoms with E-state index in [1.54, 1.807) is 12.1 Å². The summed E-state index contributed by atoms with van der Waals surface area (Å²) in [6, 6.07) is 14.5. The van der Waals surface area contributed by atoms with E-state index in [1.165, 1.54) is 6.20 Å². The number of amides is 1. The van der Waals surface area contributed by atoms with E-state index in [1.807, 2.05) is 36.4 Å². The average molecular weight is 315 g/mol. The Hall–Kier alpha value is -2.91. The molecule has 0 unspecified atom stereocenters. The quantitative estimate of drug-likeness (QED) is 0.850. The van der Waals surface area contributed by atoms with Crippen molar-refractivity contribution in [1.29, 1.82) is 5.26 Å². The van der Waals surface area contributed by atoms with E-state index < -0.39 is 0 Å². The number of halogens is 1. The Morgan fingerprint density at radius 1 is 1.18 bits per heavy atom. The lowest BCUT2D eigenvalue weighted by atomic mass is 10.2. The van der Waals surface area contributed by atoms with E-state index in [0.717, 1.165) is 10.6 Å². The average Bonchev–Trinajstić information content (AvgIpc) is 2.56. The predicted molar refractivity (Wildman–Crippen MR) is 82.6 cm³/mol. The van der Waals surface area contributed by atoms with Gasteiger partial charge in [-0.3, -0.25) is 4.79 Å². The van der Waals surface area contributed by atoms with Crippen LogP contribution in [0, 0.1) is 11.3 Å². The van der Waals surface area contributed by atoms with Crippen LogP contribution in [0.15, 0.2) is 53.8 Å². The molecule has 110 valence electrons. The van der Waals surface area contributed by atoms with Gasteiger partial charge in [0.15, 0.2) is 12.3 Å². The first-order chi connectivity index (χ1) is 10.3. The van der Waals surface area contributed by atoms with E-state index in [2.05, 4.69) is 10.1 Å². The number of pyridine rings is 1. The molecule has 1 amide bonds. The molecule has 22 heavy (non-hydrogen) atoms. The summed E-state index contributed by atoms with van der Waals surface area (Å²) in [7, 11) is 0. The van der Waals surface area contributed by atoms with Gasteiger partial charge in [0.05, 0.1) is 0 Å². The molecule has 6 nitrogen and oxygen atoms in total. The van der Waals surface area contributed by atoms with Crippen molar-refractivity contribution in [1.82, 2.24) is 4.98 Å². The first-order valence-electron chi connectivity index (χ1n) is 6.24. The number of ether oxygens (including phenoxy) is 1. The molecule has 0 aliphatic carbocycles. The highest BCUT2D eigenvalue weighted by Crippen LogP contribution is 2.21. The molecule has 0 radical (unpaired) electrons. The number of nitriles is 1. The third-order valence-electron chi connectivity index (χ3n) is 2.90. The zero-order valence-electron chi connectivity index (χ0n) is 11.3. The molecule has 0 saturated heterocycles. The molecule has 0 saturated carbocycles. The number of anilines is 1. The van der Waals surface area contributed by atoms with E-state index in [9.17, 15) is 4.79 Å². The van der Waals surface area contributed by atoms with Crippen LogP contribution < -0.4 is 5.01 Å². The maximum Gasteiger partial charge on any atom is 0.285 e. The minimum atomic E-state index is -0.348. The zero-order valence-corrected chi connectivity index (χ0v) is 12.2. The molecule has 7 heteroatoms. The van der Waals surface area contributed by atoms with Gasteiger partial charge in [0.1, 0.15) is 11.8 Å². The number of rotatable bonds is 2. The second kappa shape index (κ2) is 6.70. The van der Waals surface area contributed by atoms with Crippen LogP contribution in [0.4, 0.5) is 5.69 Å². The van der Waals surface area contributed by atoms with Crippen molar-refractivity contribution in [3.8, 4) is 6.07 Å². The predicted octanol–water partition coefficient (Wildman–Crippen LogP) is 2.10. The Bertz CT molecular complexity index is 756. The molecule has 0 atom stereocenters. The highest BCUT2D eigenvalue weighted by atomic mass is 35.5. The summed E-state index contributed by atoms with van der Waals surface area (Å²) in [5, 5.41) is 14.5. The van der Waals surface area contributed by atoms with Gasteiger partial charge >= 0.3 is 0 Å². The lowest BCUT2D eigenvalue weighted by Gasteiger charge is -2.24. The Labute approximate surface area is 133 Å². The molecule has 0 fully saturated rings. The number of hydrogen-bond acceptors (Lipinski definition) is 5. The van der Waals surface area contributed by atoms with E-state index in [-0.39, 0.29) is 30.6 Å². The fraction of sp³-hybridized carbons (Fsp3) is 0.0667. The molecule has 2 heterocycles. The molecule has 0 spiro atoms. The summed E-state index contributed by atoms with van der Waals surface area (Å²) >= 11 is 0. The zero-order chi connectivity index (χ0) is 14.7. The first-order valence-corrected chi connectivity index (χ1v) is 6.24. The molecular formula is C15H11ClN4O2. The topological polar surface area (TPSA) is 78.6 Å². The Balaban J connectivity index is 0.00000176. The molecule has 3 rings (SSSR count). The van der Waals surface area contributed by atoms with Crippen molar-refractivity contribution in [2.45, 2.75) is 0 Å². The third-order valence-corrected chi connectivity index (χ3v) is 2.90. The summed E-state index contributed by atoms with van der Waals surface area (Å²) in [5.41, 5.74) is 1.25. The fourth-order valence-electron chi connectivity index (χ4n) is 1.93. The minimum Gasteiger partial charge on any atom is -0.466 e. The number of nitrogens with zero attached hydrogens (tertiary/aromatic N) is 4. The van der Waals surface area contributed by atoms with Gasteiger partial charge in [-0.1, -0.05) is 18.2 Å². The maximum atomic E-state index is 12.0. The molecule has 1 aliphatic rings. The normalized spacial score (nSPS) is 13.5. The lowest BCUT2D eigenvalue weighted by molar-refractivity contribution is -0.121. The highest BCUT2D eigenvalue weighted by Gasteiger charge is 2.26. The second-order valence-corrected chi connectivity index (χ2v) is 4.25. The van der Waals surface area contributed by atoms with E-state index >= 15 is 0 Å². The SMILES string of the molecule is Cl.N#Cc1ncccc1N1N=C(c2ccccc2)OCC1=O. The van der Waals surface area contributed by atoms with Crippen molar-refractivity contribution < 1.29 is 9.53 Å². The van der Waals surface area contributed by atoms with Crippen LogP contribution in [-0.4, -0.2) is 23.4 Å². The molecule has 0 N–H and O–H groups in total. The number of carbonyl (C=O) groups excluding carboxylic acids is 1. The Kier molecular flexibility index (Phi) is 4.71. The Morgan fingerprint density at radius 3 is 2.68 bits per heavy atom. The second-order valence-electron chi connectivity index (χ2n) is 4.25. The van der Waals surface area contributed by atoms with Gasteiger partial charge in [-0.05, 0) is 24.3 Å². The van der Waals surface area contributed by atoms with Crippen molar-refractivity contribution in [3.63, 3.8) is 0 Å². The van der Waals surface area contributed by atoms with Crippen molar-refractivity contribution in [3.05, 3.63) is 59.9 Å². The van der Waals surface area contributed by atoms with Crippen LogP contribution in [0.2, 0.25) is 0 Å². The van der Waals surface area contributed by atoms with Crippen molar-refractivity contribution >= 4 is 29.9 Å². The lowest BCUT2D eigenvalue weighted by Crippen LogP contribution is -2.37. The number of benzene rings is 1. The monoisotopic (exact) mass is 314 g/mol. The summed E-state index contributed by atoms with van der Waals surface area (Å²) in [6.07, 6.45) is 1.49. The Morgan fingerprint density at radius 2 is 1.95 bits per heavy atom. The number of aromatic nitrogens is 1. The third kappa shape index (κ3) is 2.90. The van der Waals surface area contributed by atoms with Gasteiger partial charge in [-0.25, -0.2) is 4.98 Å². The fourth-order valence-corrected chi connectivity index (χ4v) is 1.93. The molecule has 1 aromatic carbocycles. The maximum absolute atomic E-state index is 12.0. The summed E-state index contributed by atoms with van der Waals surface area (Å²) in [4.78, 5) is 15.9. The van der Waals surface area contributed by atoms with Gasteiger partial charge in [0, 0.05) is 11.8 Å². The summed E-state index contributed by atoms with van der Waals surface area (Å²) in [5.74, 6) is -0.0119. The summed E-state index contributed by atoms with van der Waals surface area (Å²) in [6.45, 7) is -0.131. The van der Waals surface area contributed by atoms with Crippen LogP contribution in [0.25, 0.3) is 0 Å². The van der Waals surface area contributed by atoms with Gasteiger partial charge in [-0.2, -0.15) is 10.3 Å². The standard InChI is InChI=1S/C15H10N4O2.ClH/c16-9-12-13(7-4-8-17-12)19-14(20)10-21-15(18-19)11-5-2-1-3-6-11;/h1-8H,10H2;1H. The number of carbonyl (C=O) groups is 1. The molecule has 2 aromatic rings. The highest BCUT2D eigenvalue weighted by molar-refractivity contribution is 6.04. The van der Waals surface area contributed by atoms with Crippen LogP contribution in [0.1, 0.15) is 11.3 Å². The van der Waals surface area contributed by atoms with Crippen molar-refractivity contribution in [2.75, 3.05) is 11.6 Å². The first kappa shape index (κ1) is 15.5. The van der Waals surface area contributed by atoms with Crippen LogP contribution in [0.5, 0.6) is 0 Å². The minimum absolute atomic E-state index is 0.